The molecule has 0 amide bonds. The van der Waals surface area contributed by atoms with Gasteiger partial charge in [0, 0.05) is 32.1 Å². The third kappa shape index (κ3) is 3.38. The van der Waals surface area contributed by atoms with Gasteiger partial charge in [0.15, 0.2) is 5.82 Å². The maximum absolute atomic E-state index is 4.97. The molecule has 0 aromatic carbocycles. The molecular formula is C13H18N4O. The normalized spacial score (nSPS) is 10.8. The van der Waals surface area contributed by atoms with Crippen LogP contribution in [0.5, 0.6) is 0 Å². The monoisotopic (exact) mass is 246 g/mol. The Balaban J connectivity index is 1.97. The van der Waals surface area contributed by atoms with Gasteiger partial charge in [-0.1, -0.05) is 0 Å². The van der Waals surface area contributed by atoms with Gasteiger partial charge in [-0.15, -0.1) is 0 Å². The van der Waals surface area contributed by atoms with E-state index < -0.39 is 0 Å². The first kappa shape index (κ1) is 12.7. The number of hydrogen-bond donors (Lipinski definition) is 2. The van der Waals surface area contributed by atoms with Gasteiger partial charge in [-0.25, -0.2) is 4.98 Å². The maximum Gasteiger partial charge on any atom is 0.156 e. The Morgan fingerprint density at radius 3 is 3.06 bits per heavy atom. The van der Waals surface area contributed by atoms with E-state index in [2.05, 4.69) is 20.3 Å². The molecule has 0 bridgehead atoms. The molecule has 0 saturated carbocycles. The summed E-state index contributed by atoms with van der Waals surface area (Å²) in [4.78, 5) is 11.9. The Bertz CT molecular complexity index is 495. The number of methoxy groups -OCH3 is 1. The van der Waals surface area contributed by atoms with E-state index in [-0.39, 0.29) is 0 Å². The number of imidazole rings is 1. The molecule has 18 heavy (non-hydrogen) atoms. The molecule has 2 aromatic rings. The molecule has 0 saturated heterocycles. The number of H-pyrrole nitrogens is 1. The zero-order chi connectivity index (χ0) is 12.8. The molecule has 2 heterocycles. The van der Waals surface area contributed by atoms with Crippen molar-refractivity contribution in [1.82, 2.24) is 20.3 Å². The number of aromatic nitrogens is 3. The predicted octanol–water partition coefficient (Wildman–Crippen LogP) is 1.52. The molecule has 0 aliphatic heterocycles. The quantitative estimate of drug-likeness (QED) is 0.758. The van der Waals surface area contributed by atoms with Gasteiger partial charge >= 0.3 is 0 Å². The van der Waals surface area contributed by atoms with E-state index in [1.165, 1.54) is 5.56 Å². The summed E-state index contributed by atoms with van der Waals surface area (Å²) in [5.74, 6) is 0.808. The highest BCUT2D eigenvalue weighted by molar-refractivity contribution is 5.50. The van der Waals surface area contributed by atoms with Crippen LogP contribution in [0, 0.1) is 6.92 Å². The summed E-state index contributed by atoms with van der Waals surface area (Å²) in [5.41, 5.74) is 3.10. The standard InChI is InChI=1S/C13H18N4O/c1-10-3-4-15-12(7-10)13-16-9-11(17-13)8-14-5-6-18-2/h3-4,7,9,14H,5-6,8H2,1-2H3,(H,16,17). The molecule has 5 heteroatoms. The molecule has 2 aromatic heterocycles. The van der Waals surface area contributed by atoms with Crippen LogP contribution in [-0.4, -0.2) is 35.2 Å². The van der Waals surface area contributed by atoms with Crippen LogP contribution in [0.4, 0.5) is 0 Å². The van der Waals surface area contributed by atoms with E-state index in [9.17, 15) is 0 Å². The molecule has 0 aliphatic rings. The third-order valence-corrected chi connectivity index (χ3v) is 2.58. The van der Waals surface area contributed by atoms with Gasteiger partial charge in [-0.3, -0.25) is 4.98 Å². The third-order valence-electron chi connectivity index (χ3n) is 2.58. The SMILES string of the molecule is COCCNCc1cnc(-c2cc(C)ccn2)[nH]1. The molecule has 2 N–H and O–H groups in total. The second kappa shape index (κ2) is 6.28. The predicted molar refractivity (Wildman–Crippen MR) is 70.1 cm³/mol. The van der Waals surface area contributed by atoms with Crippen LogP contribution in [-0.2, 0) is 11.3 Å². The lowest BCUT2D eigenvalue weighted by atomic mass is 10.2. The van der Waals surface area contributed by atoms with Crippen molar-refractivity contribution in [3.63, 3.8) is 0 Å². The Kier molecular flexibility index (Phi) is 4.44. The number of nitrogens with one attached hydrogen (secondary N) is 2. The Hall–Kier alpha value is -1.72. The highest BCUT2D eigenvalue weighted by Gasteiger charge is 2.04. The molecule has 0 atom stereocenters. The van der Waals surface area contributed by atoms with Gasteiger partial charge in [-0.05, 0) is 24.6 Å². The van der Waals surface area contributed by atoms with Crippen molar-refractivity contribution < 1.29 is 4.74 Å². The number of pyridine rings is 1. The van der Waals surface area contributed by atoms with Crippen LogP contribution >= 0.6 is 0 Å². The number of aromatic amines is 1. The summed E-state index contributed by atoms with van der Waals surface area (Å²) >= 11 is 0. The number of ether oxygens (including phenoxy) is 1. The van der Waals surface area contributed by atoms with Gasteiger partial charge < -0.3 is 15.0 Å². The largest absolute Gasteiger partial charge is 0.383 e. The second-order valence-corrected chi connectivity index (χ2v) is 4.15. The van der Waals surface area contributed by atoms with Crippen molar-refractivity contribution in [2.24, 2.45) is 0 Å². The average molecular weight is 246 g/mol. The average Bonchev–Trinajstić information content (AvgIpc) is 2.83. The molecule has 0 aliphatic carbocycles. The van der Waals surface area contributed by atoms with Crippen molar-refractivity contribution in [2.45, 2.75) is 13.5 Å². The van der Waals surface area contributed by atoms with E-state index >= 15 is 0 Å². The second-order valence-electron chi connectivity index (χ2n) is 4.15. The van der Waals surface area contributed by atoms with Crippen LogP contribution in [0.3, 0.4) is 0 Å². The highest BCUT2D eigenvalue weighted by atomic mass is 16.5. The fourth-order valence-electron chi connectivity index (χ4n) is 1.64. The van der Waals surface area contributed by atoms with Gasteiger partial charge in [0.1, 0.15) is 5.69 Å². The smallest absolute Gasteiger partial charge is 0.156 e. The van der Waals surface area contributed by atoms with Crippen LogP contribution in [0.1, 0.15) is 11.3 Å². The fraction of sp³-hybridized carbons (Fsp3) is 0.385. The molecule has 0 fully saturated rings. The van der Waals surface area contributed by atoms with E-state index in [1.54, 1.807) is 13.3 Å². The minimum Gasteiger partial charge on any atom is -0.383 e. The topological polar surface area (TPSA) is 62.8 Å². The molecule has 0 spiro atoms. The van der Waals surface area contributed by atoms with Crippen molar-refractivity contribution >= 4 is 0 Å². The lowest BCUT2D eigenvalue weighted by molar-refractivity contribution is 0.199. The number of rotatable bonds is 6. The summed E-state index contributed by atoms with van der Waals surface area (Å²) in [6.07, 6.45) is 3.63. The molecule has 2 rings (SSSR count). The lowest BCUT2D eigenvalue weighted by Gasteiger charge is -2.01. The van der Waals surface area contributed by atoms with Crippen molar-refractivity contribution in [2.75, 3.05) is 20.3 Å². The Morgan fingerprint density at radius 2 is 2.28 bits per heavy atom. The molecule has 0 radical (unpaired) electrons. The molecule has 96 valence electrons. The maximum atomic E-state index is 4.97. The number of aryl methyl sites for hydroxylation is 1. The summed E-state index contributed by atoms with van der Waals surface area (Å²) in [6.45, 7) is 4.33. The highest BCUT2D eigenvalue weighted by Crippen LogP contribution is 2.13. The van der Waals surface area contributed by atoms with Gasteiger partial charge in [0.2, 0.25) is 0 Å². The van der Waals surface area contributed by atoms with Crippen LogP contribution in [0.15, 0.2) is 24.5 Å². The van der Waals surface area contributed by atoms with Crippen molar-refractivity contribution in [3.05, 3.63) is 35.8 Å². The lowest BCUT2D eigenvalue weighted by Crippen LogP contribution is -2.18. The summed E-state index contributed by atoms with van der Waals surface area (Å²) in [5, 5.41) is 3.26. The fourth-order valence-corrected chi connectivity index (χ4v) is 1.64. The van der Waals surface area contributed by atoms with Crippen LogP contribution in [0.2, 0.25) is 0 Å². The van der Waals surface area contributed by atoms with E-state index in [0.717, 1.165) is 30.3 Å². The molecule has 0 unspecified atom stereocenters. The summed E-state index contributed by atoms with van der Waals surface area (Å²) in [7, 11) is 1.69. The van der Waals surface area contributed by atoms with Crippen molar-refractivity contribution in [1.29, 1.82) is 0 Å². The Morgan fingerprint density at radius 1 is 1.39 bits per heavy atom. The van der Waals surface area contributed by atoms with E-state index in [4.69, 9.17) is 4.74 Å². The van der Waals surface area contributed by atoms with E-state index in [1.807, 2.05) is 25.3 Å². The molecule has 5 nitrogen and oxygen atoms in total. The van der Waals surface area contributed by atoms with Crippen molar-refractivity contribution in [3.8, 4) is 11.5 Å². The minimum absolute atomic E-state index is 0.709. The van der Waals surface area contributed by atoms with Crippen LogP contribution < -0.4 is 5.32 Å². The first-order valence-corrected chi connectivity index (χ1v) is 5.96. The number of nitrogens with zero attached hydrogens (tertiary/aromatic N) is 2. The zero-order valence-electron chi connectivity index (χ0n) is 10.7. The zero-order valence-corrected chi connectivity index (χ0v) is 10.7. The van der Waals surface area contributed by atoms with E-state index in [0.29, 0.717) is 6.61 Å². The van der Waals surface area contributed by atoms with Gasteiger partial charge in [0.25, 0.3) is 0 Å². The minimum atomic E-state index is 0.709. The first-order chi connectivity index (χ1) is 8.79. The first-order valence-electron chi connectivity index (χ1n) is 5.96. The summed E-state index contributed by atoms with van der Waals surface area (Å²) in [6, 6.07) is 3.99. The summed E-state index contributed by atoms with van der Waals surface area (Å²) < 4.78 is 4.97. The Labute approximate surface area is 107 Å². The number of hydrogen-bond acceptors (Lipinski definition) is 4. The van der Waals surface area contributed by atoms with Gasteiger partial charge in [-0.2, -0.15) is 0 Å². The van der Waals surface area contributed by atoms with Gasteiger partial charge in [0.05, 0.1) is 12.8 Å². The van der Waals surface area contributed by atoms with Crippen LogP contribution in [0.25, 0.3) is 11.5 Å². The molecular weight excluding hydrogens is 228 g/mol.